The van der Waals surface area contributed by atoms with Gasteiger partial charge in [-0.3, -0.25) is 5.10 Å². The van der Waals surface area contributed by atoms with Crippen molar-refractivity contribution >= 4 is 11.6 Å². The van der Waals surface area contributed by atoms with Crippen LogP contribution in [0.2, 0.25) is 5.02 Å². The Morgan fingerprint density at radius 1 is 1.29 bits per heavy atom. The van der Waals surface area contributed by atoms with E-state index < -0.39 is 0 Å². The molecule has 2 heterocycles. The summed E-state index contributed by atoms with van der Waals surface area (Å²) in [5.41, 5.74) is 3.51. The molecule has 2 N–H and O–H groups in total. The van der Waals surface area contributed by atoms with Crippen LogP contribution in [0.4, 0.5) is 0 Å². The monoisotopic (exact) mass is 303 g/mol. The quantitative estimate of drug-likeness (QED) is 0.779. The number of H-pyrrole nitrogens is 1. The molecule has 1 aromatic carbocycles. The number of rotatable bonds is 3. The molecule has 3 aromatic rings. The SMILES string of the molecule is Cc1cc(C)n(-c2cc(Cl)ccc2-c2n[nH]c(CO)n2)n1. The number of aromatic amines is 1. The Morgan fingerprint density at radius 3 is 2.71 bits per heavy atom. The zero-order chi connectivity index (χ0) is 15.0. The normalized spacial score (nSPS) is 11.0. The van der Waals surface area contributed by atoms with Crippen molar-refractivity contribution < 1.29 is 5.11 Å². The number of benzene rings is 1. The first-order valence-electron chi connectivity index (χ1n) is 6.44. The molecule has 0 aliphatic rings. The Labute approximate surface area is 126 Å². The average Bonchev–Trinajstić information content (AvgIpc) is 3.05. The molecule has 0 fully saturated rings. The Balaban J connectivity index is 2.19. The molecule has 6 nitrogen and oxygen atoms in total. The lowest BCUT2D eigenvalue weighted by atomic mass is 10.1. The highest BCUT2D eigenvalue weighted by Crippen LogP contribution is 2.28. The van der Waals surface area contributed by atoms with Gasteiger partial charge in [0.25, 0.3) is 0 Å². The molecule has 3 rings (SSSR count). The summed E-state index contributed by atoms with van der Waals surface area (Å²) in [4.78, 5) is 4.25. The van der Waals surface area contributed by atoms with E-state index in [0.717, 1.165) is 22.6 Å². The van der Waals surface area contributed by atoms with Crippen molar-refractivity contribution in [2.75, 3.05) is 0 Å². The van der Waals surface area contributed by atoms with Crippen molar-refractivity contribution in [2.24, 2.45) is 0 Å². The highest BCUT2D eigenvalue weighted by atomic mass is 35.5. The molecule has 7 heteroatoms. The Kier molecular flexibility index (Phi) is 3.48. The van der Waals surface area contributed by atoms with E-state index >= 15 is 0 Å². The second-order valence-corrected chi connectivity index (χ2v) is 5.20. The Morgan fingerprint density at radius 2 is 2.10 bits per heavy atom. The van der Waals surface area contributed by atoms with Gasteiger partial charge in [-0.05, 0) is 38.1 Å². The minimum absolute atomic E-state index is 0.185. The highest BCUT2D eigenvalue weighted by molar-refractivity contribution is 6.30. The largest absolute Gasteiger partial charge is 0.388 e. The third-order valence-corrected chi connectivity index (χ3v) is 3.36. The van der Waals surface area contributed by atoms with E-state index in [0.29, 0.717) is 16.7 Å². The topological polar surface area (TPSA) is 79.6 Å². The summed E-state index contributed by atoms with van der Waals surface area (Å²) in [6.07, 6.45) is 0. The molecule has 0 unspecified atom stereocenters. The van der Waals surface area contributed by atoms with Crippen LogP contribution in [0.3, 0.4) is 0 Å². The first-order chi connectivity index (χ1) is 10.1. The summed E-state index contributed by atoms with van der Waals surface area (Å²) in [5.74, 6) is 0.914. The van der Waals surface area contributed by atoms with Gasteiger partial charge in [0, 0.05) is 16.3 Å². The van der Waals surface area contributed by atoms with E-state index in [9.17, 15) is 0 Å². The van der Waals surface area contributed by atoms with Crippen LogP contribution in [-0.2, 0) is 6.61 Å². The number of aromatic nitrogens is 5. The van der Waals surface area contributed by atoms with Crippen LogP contribution in [0.15, 0.2) is 24.3 Å². The van der Waals surface area contributed by atoms with E-state index in [4.69, 9.17) is 16.7 Å². The van der Waals surface area contributed by atoms with Crippen molar-refractivity contribution in [1.29, 1.82) is 0 Å². The fourth-order valence-electron chi connectivity index (χ4n) is 2.23. The predicted molar refractivity (Wildman–Crippen MR) is 79.3 cm³/mol. The molecule has 0 aliphatic carbocycles. The summed E-state index contributed by atoms with van der Waals surface area (Å²) in [6.45, 7) is 3.72. The molecule has 21 heavy (non-hydrogen) atoms. The van der Waals surface area contributed by atoms with Gasteiger partial charge in [-0.1, -0.05) is 11.6 Å². The lowest BCUT2D eigenvalue weighted by Crippen LogP contribution is -2.02. The number of hydrogen-bond donors (Lipinski definition) is 2. The zero-order valence-electron chi connectivity index (χ0n) is 11.6. The molecule has 0 bridgehead atoms. The highest BCUT2D eigenvalue weighted by Gasteiger charge is 2.15. The van der Waals surface area contributed by atoms with Crippen molar-refractivity contribution in [2.45, 2.75) is 20.5 Å². The summed E-state index contributed by atoms with van der Waals surface area (Å²) in [6, 6.07) is 7.44. The summed E-state index contributed by atoms with van der Waals surface area (Å²) in [5, 5.41) is 21.0. The van der Waals surface area contributed by atoms with E-state index in [1.807, 2.05) is 36.7 Å². The van der Waals surface area contributed by atoms with Gasteiger partial charge in [-0.15, -0.1) is 0 Å². The van der Waals surface area contributed by atoms with Crippen LogP contribution >= 0.6 is 11.6 Å². The van der Waals surface area contributed by atoms with Crippen LogP contribution in [0.1, 0.15) is 17.2 Å². The molecule has 0 saturated carbocycles. The minimum Gasteiger partial charge on any atom is -0.388 e. The van der Waals surface area contributed by atoms with Gasteiger partial charge in [-0.2, -0.15) is 10.2 Å². The predicted octanol–water partition coefficient (Wildman–Crippen LogP) is 2.42. The molecule has 108 valence electrons. The van der Waals surface area contributed by atoms with Crippen LogP contribution in [0.5, 0.6) is 0 Å². The Hall–Kier alpha value is -2.18. The number of halogens is 1. The number of aliphatic hydroxyl groups is 1. The van der Waals surface area contributed by atoms with Crippen LogP contribution in [0.25, 0.3) is 17.1 Å². The fraction of sp³-hybridized carbons (Fsp3) is 0.214. The van der Waals surface area contributed by atoms with Crippen molar-refractivity contribution in [3.05, 3.63) is 46.5 Å². The summed E-state index contributed by atoms with van der Waals surface area (Å²) < 4.78 is 1.81. The second kappa shape index (κ2) is 5.31. The van der Waals surface area contributed by atoms with Gasteiger partial charge < -0.3 is 5.11 Å². The molecule has 0 atom stereocenters. The molecular weight excluding hydrogens is 290 g/mol. The van der Waals surface area contributed by atoms with E-state index in [2.05, 4.69) is 20.3 Å². The maximum absolute atomic E-state index is 9.10. The summed E-state index contributed by atoms with van der Waals surface area (Å²) >= 11 is 6.12. The van der Waals surface area contributed by atoms with E-state index in [1.54, 1.807) is 6.07 Å². The number of aryl methyl sites for hydroxylation is 2. The zero-order valence-corrected chi connectivity index (χ0v) is 12.4. The van der Waals surface area contributed by atoms with Crippen molar-refractivity contribution in [3.8, 4) is 17.1 Å². The lowest BCUT2D eigenvalue weighted by Gasteiger charge is -2.09. The smallest absolute Gasteiger partial charge is 0.183 e. The van der Waals surface area contributed by atoms with Crippen molar-refractivity contribution in [3.63, 3.8) is 0 Å². The van der Waals surface area contributed by atoms with E-state index in [-0.39, 0.29) is 6.61 Å². The third-order valence-electron chi connectivity index (χ3n) is 3.12. The van der Waals surface area contributed by atoms with E-state index in [1.165, 1.54) is 0 Å². The number of nitrogens with one attached hydrogen (secondary N) is 1. The Bertz CT molecular complexity index is 793. The molecule has 0 amide bonds. The van der Waals surface area contributed by atoms with Crippen molar-refractivity contribution in [1.82, 2.24) is 25.0 Å². The standard InChI is InChI=1S/C14H14ClN5O/c1-8-5-9(2)20(19-8)12-6-10(15)3-4-11(12)14-16-13(7-21)17-18-14/h3-6,21H,7H2,1-2H3,(H,16,17,18). The minimum atomic E-state index is -0.185. The van der Waals surface area contributed by atoms with Gasteiger partial charge in [0.15, 0.2) is 11.6 Å². The maximum Gasteiger partial charge on any atom is 0.183 e. The molecular formula is C14H14ClN5O. The first-order valence-corrected chi connectivity index (χ1v) is 6.82. The number of aliphatic hydroxyl groups excluding tert-OH is 1. The van der Waals surface area contributed by atoms with Gasteiger partial charge in [0.1, 0.15) is 6.61 Å². The fourth-order valence-corrected chi connectivity index (χ4v) is 2.39. The molecule has 0 saturated heterocycles. The second-order valence-electron chi connectivity index (χ2n) is 4.76. The van der Waals surface area contributed by atoms with Crippen LogP contribution < -0.4 is 0 Å². The first kappa shape index (κ1) is 13.8. The maximum atomic E-state index is 9.10. The average molecular weight is 304 g/mol. The van der Waals surface area contributed by atoms with Gasteiger partial charge >= 0.3 is 0 Å². The molecule has 0 aliphatic heterocycles. The van der Waals surface area contributed by atoms with Gasteiger partial charge in [0.05, 0.1) is 11.4 Å². The summed E-state index contributed by atoms with van der Waals surface area (Å²) in [7, 11) is 0. The molecule has 0 spiro atoms. The number of nitrogens with zero attached hydrogens (tertiary/aromatic N) is 4. The van der Waals surface area contributed by atoms with Crippen LogP contribution in [-0.4, -0.2) is 30.1 Å². The third kappa shape index (κ3) is 2.55. The van der Waals surface area contributed by atoms with Gasteiger partial charge in [-0.25, -0.2) is 9.67 Å². The van der Waals surface area contributed by atoms with Crippen LogP contribution in [0, 0.1) is 13.8 Å². The van der Waals surface area contributed by atoms with Gasteiger partial charge in [0.2, 0.25) is 0 Å². The lowest BCUT2D eigenvalue weighted by molar-refractivity contribution is 0.272. The molecule has 0 radical (unpaired) electrons. The molecule has 2 aromatic heterocycles. The number of hydrogen-bond acceptors (Lipinski definition) is 4.